The zero-order valence-corrected chi connectivity index (χ0v) is 7.75. The molecule has 0 aromatic carbocycles. The Hall–Kier alpha value is -2.05. The molecule has 0 atom stereocenters. The van der Waals surface area contributed by atoms with Crippen LogP contribution in [0.4, 0.5) is 11.5 Å². The Morgan fingerprint density at radius 3 is 2.57 bits per heavy atom. The molecular formula is C7H10N4O3. The van der Waals surface area contributed by atoms with E-state index in [0.717, 1.165) is 4.57 Å². The number of H-pyrrole nitrogens is 1. The van der Waals surface area contributed by atoms with Crippen LogP contribution in [0.2, 0.25) is 0 Å². The van der Waals surface area contributed by atoms with Crippen molar-refractivity contribution in [1.29, 1.82) is 0 Å². The molecule has 0 aliphatic carbocycles. The number of nitrogens with zero attached hydrogens (tertiary/aromatic N) is 1. The predicted octanol–water partition coefficient (Wildman–Crippen LogP) is -1.39. The first kappa shape index (κ1) is 10.0. The monoisotopic (exact) mass is 198 g/mol. The van der Waals surface area contributed by atoms with Crippen molar-refractivity contribution in [3.8, 4) is 0 Å². The Morgan fingerprint density at radius 2 is 2.07 bits per heavy atom. The zero-order chi connectivity index (χ0) is 10.9. The van der Waals surface area contributed by atoms with Crippen LogP contribution in [0.25, 0.3) is 0 Å². The molecule has 1 rings (SSSR count). The fraction of sp³-hybridized carbons (Fsp3) is 0.286. The molecule has 1 aromatic rings. The van der Waals surface area contributed by atoms with E-state index in [1.54, 1.807) is 0 Å². The predicted molar refractivity (Wildman–Crippen MR) is 51.0 cm³/mol. The summed E-state index contributed by atoms with van der Waals surface area (Å²) in [5, 5.41) is 2.24. The van der Waals surface area contributed by atoms with Crippen LogP contribution in [0, 0.1) is 0 Å². The highest BCUT2D eigenvalue weighted by molar-refractivity contribution is 5.91. The van der Waals surface area contributed by atoms with Crippen LogP contribution < -0.4 is 22.3 Å². The van der Waals surface area contributed by atoms with Crippen molar-refractivity contribution in [3.63, 3.8) is 0 Å². The van der Waals surface area contributed by atoms with Gasteiger partial charge in [0.1, 0.15) is 11.5 Å². The Kier molecular flexibility index (Phi) is 2.41. The van der Waals surface area contributed by atoms with Crippen LogP contribution in [0.1, 0.15) is 6.92 Å². The van der Waals surface area contributed by atoms with Gasteiger partial charge in [-0.1, -0.05) is 0 Å². The van der Waals surface area contributed by atoms with Gasteiger partial charge < -0.3 is 11.1 Å². The summed E-state index contributed by atoms with van der Waals surface area (Å²) in [6.45, 7) is 1.24. The van der Waals surface area contributed by atoms with Gasteiger partial charge in [0.25, 0.3) is 5.56 Å². The van der Waals surface area contributed by atoms with Gasteiger partial charge in [0.05, 0.1) is 0 Å². The minimum absolute atomic E-state index is 0.0750. The molecule has 0 aliphatic rings. The zero-order valence-electron chi connectivity index (χ0n) is 7.75. The van der Waals surface area contributed by atoms with Crippen molar-refractivity contribution in [1.82, 2.24) is 9.55 Å². The summed E-state index contributed by atoms with van der Waals surface area (Å²) in [6, 6.07) is 0. The highest BCUT2D eigenvalue weighted by Crippen LogP contribution is 2.07. The lowest BCUT2D eigenvalue weighted by molar-refractivity contribution is -0.114. The van der Waals surface area contributed by atoms with Crippen LogP contribution in [0.5, 0.6) is 0 Å². The van der Waals surface area contributed by atoms with Crippen molar-refractivity contribution in [2.75, 3.05) is 11.1 Å². The van der Waals surface area contributed by atoms with Crippen molar-refractivity contribution in [2.24, 2.45) is 7.05 Å². The number of rotatable bonds is 1. The summed E-state index contributed by atoms with van der Waals surface area (Å²) >= 11 is 0. The average molecular weight is 198 g/mol. The van der Waals surface area contributed by atoms with Crippen LogP contribution in [0.3, 0.4) is 0 Å². The molecule has 14 heavy (non-hydrogen) atoms. The van der Waals surface area contributed by atoms with Crippen molar-refractivity contribution in [3.05, 3.63) is 20.8 Å². The van der Waals surface area contributed by atoms with Crippen molar-refractivity contribution >= 4 is 17.4 Å². The Bertz CT molecular complexity index is 485. The highest BCUT2D eigenvalue weighted by Gasteiger charge is 2.10. The summed E-state index contributed by atoms with van der Waals surface area (Å²) < 4.78 is 1.03. The molecule has 0 radical (unpaired) electrons. The van der Waals surface area contributed by atoms with E-state index >= 15 is 0 Å². The highest BCUT2D eigenvalue weighted by atomic mass is 16.2. The number of amides is 1. The fourth-order valence-corrected chi connectivity index (χ4v) is 0.934. The number of nitrogens with one attached hydrogen (secondary N) is 2. The normalized spacial score (nSPS) is 9.86. The van der Waals surface area contributed by atoms with E-state index in [9.17, 15) is 14.4 Å². The van der Waals surface area contributed by atoms with E-state index in [4.69, 9.17) is 5.73 Å². The number of nitrogens with two attached hydrogens (primary N) is 1. The molecule has 4 N–H and O–H groups in total. The maximum absolute atomic E-state index is 11.2. The number of anilines is 2. The summed E-state index contributed by atoms with van der Waals surface area (Å²) in [5.41, 5.74) is 4.02. The Labute approximate surface area is 78.5 Å². The largest absolute Gasteiger partial charge is 0.383 e. The quantitative estimate of drug-likeness (QED) is 0.516. The van der Waals surface area contributed by atoms with Gasteiger partial charge in [-0.15, -0.1) is 0 Å². The van der Waals surface area contributed by atoms with Crippen molar-refractivity contribution in [2.45, 2.75) is 6.92 Å². The maximum Gasteiger partial charge on any atom is 0.329 e. The van der Waals surface area contributed by atoms with Crippen LogP contribution >= 0.6 is 0 Å². The molecular weight excluding hydrogens is 188 g/mol. The Morgan fingerprint density at radius 1 is 1.50 bits per heavy atom. The SMILES string of the molecule is CC(=O)Nc1c(N)n(C)c(=O)[nH]c1=O. The molecule has 7 heteroatoms. The van der Waals surface area contributed by atoms with Crippen LogP contribution in [-0.2, 0) is 11.8 Å². The average Bonchev–Trinajstić information content (AvgIpc) is 2.09. The molecule has 0 saturated heterocycles. The first-order chi connectivity index (χ1) is 6.43. The van der Waals surface area contributed by atoms with E-state index in [2.05, 4.69) is 5.32 Å². The molecule has 0 spiro atoms. The van der Waals surface area contributed by atoms with Gasteiger partial charge >= 0.3 is 5.69 Å². The summed E-state index contributed by atoms with van der Waals surface area (Å²) in [5.74, 6) is -0.505. The van der Waals surface area contributed by atoms with Gasteiger partial charge in [0, 0.05) is 14.0 Å². The molecule has 0 bridgehead atoms. The van der Waals surface area contributed by atoms with Gasteiger partial charge in [-0.25, -0.2) is 4.79 Å². The summed E-state index contributed by atoms with van der Waals surface area (Å²) in [4.78, 5) is 34.9. The lowest BCUT2D eigenvalue weighted by atomic mass is 10.4. The van der Waals surface area contributed by atoms with Gasteiger partial charge in [-0.05, 0) is 0 Å². The van der Waals surface area contributed by atoms with E-state index < -0.39 is 17.2 Å². The third kappa shape index (κ3) is 1.65. The number of nitrogen functional groups attached to an aromatic ring is 1. The molecule has 0 fully saturated rings. The minimum atomic E-state index is -0.708. The number of hydrogen-bond acceptors (Lipinski definition) is 4. The number of aromatic nitrogens is 2. The van der Waals surface area contributed by atoms with Gasteiger partial charge in [-0.2, -0.15) is 0 Å². The minimum Gasteiger partial charge on any atom is -0.383 e. The number of carbonyl (C=O) groups excluding carboxylic acids is 1. The van der Waals surface area contributed by atoms with Gasteiger partial charge in [0.15, 0.2) is 0 Å². The van der Waals surface area contributed by atoms with E-state index in [-0.39, 0.29) is 11.5 Å². The molecule has 1 amide bonds. The molecule has 7 nitrogen and oxygen atoms in total. The lowest BCUT2D eigenvalue weighted by Gasteiger charge is -2.07. The number of carbonyl (C=O) groups is 1. The second-order valence-corrected chi connectivity index (χ2v) is 2.76. The molecule has 76 valence electrons. The van der Waals surface area contributed by atoms with E-state index in [0.29, 0.717) is 0 Å². The lowest BCUT2D eigenvalue weighted by Crippen LogP contribution is -2.33. The molecule has 1 heterocycles. The van der Waals surface area contributed by atoms with Crippen LogP contribution in [0.15, 0.2) is 9.59 Å². The second-order valence-electron chi connectivity index (χ2n) is 2.76. The van der Waals surface area contributed by atoms with Crippen LogP contribution in [-0.4, -0.2) is 15.5 Å². The first-order valence-electron chi connectivity index (χ1n) is 3.80. The molecule has 0 saturated carbocycles. The first-order valence-corrected chi connectivity index (χ1v) is 3.80. The Balaban J connectivity index is 3.44. The standard InChI is InChI=1S/C7H10N4O3/c1-3(12)9-4-5(8)11(2)7(14)10-6(4)13/h8H2,1-2H3,(H,9,12)(H,10,13,14). The number of hydrogen-bond donors (Lipinski definition) is 3. The molecule has 0 aliphatic heterocycles. The topological polar surface area (TPSA) is 110 Å². The van der Waals surface area contributed by atoms with E-state index in [1.165, 1.54) is 14.0 Å². The summed E-state index contributed by atoms with van der Waals surface area (Å²) in [7, 11) is 1.39. The molecule has 1 aromatic heterocycles. The number of aromatic amines is 1. The summed E-state index contributed by atoms with van der Waals surface area (Å²) in [6.07, 6.45) is 0. The van der Waals surface area contributed by atoms with Gasteiger partial charge in [-0.3, -0.25) is 19.1 Å². The molecule has 0 unspecified atom stereocenters. The third-order valence-electron chi connectivity index (χ3n) is 1.67. The van der Waals surface area contributed by atoms with Gasteiger partial charge in [0.2, 0.25) is 5.91 Å². The second kappa shape index (κ2) is 3.36. The van der Waals surface area contributed by atoms with E-state index in [1.807, 2.05) is 4.98 Å². The smallest absolute Gasteiger partial charge is 0.329 e. The maximum atomic E-state index is 11.2. The fourth-order valence-electron chi connectivity index (χ4n) is 0.934. The van der Waals surface area contributed by atoms with Crippen molar-refractivity contribution < 1.29 is 4.79 Å². The third-order valence-corrected chi connectivity index (χ3v) is 1.67.